The van der Waals surface area contributed by atoms with E-state index in [1.165, 1.54) is 11.1 Å². The van der Waals surface area contributed by atoms with Gasteiger partial charge >= 0.3 is 0 Å². The Hall–Kier alpha value is -3.45. The average Bonchev–Trinajstić information content (AvgIpc) is 3.32. The fourth-order valence-electron chi connectivity index (χ4n) is 3.82. The number of aromatic amines is 1. The van der Waals surface area contributed by atoms with Gasteiger partial charge in [-0.05, 0) is 30.4 Å². The first-order chi connectivity index (χ1) is 14.7. The van der Waals surface area contributed by atoms with Crippen LogP contribution in [0.3, 0.4) is 0 Å². The summed E-state index contributed by atoms with van der Waals surface area (Å²) in [5.41, 5.74) is 3.85. The minimum absolute atomic E-state index is 0.290. The van der Waals surface area contributed by atoms with Crippen molar-refractivity contribution < 1.29 is 9.59 Å². The molecule has 0 aliphatic carbocycles. The lowest BCUT2D eigenvalue weighted by molar-refractivity contribution is 0.0656. The second-order valence-corrected chi connectivity index (χ2v) is 7.95. The number of imide groups is 1. The number of hydrogen-bond acceptors (Lipinski definition) is 5. The summed E-state index contributed by atoms with van der Waals surface area (Å²) in [5.74, 6) is -0.590. The number of rotatable bonds is 5. The highest BCUT2D eigenvalue weighted by Gasteiger charge is 2.38. The Morgan fingerprint density at radius 2 is 1.87 bits per heavy atom. The van der Waals surface area contributed by atoms with Crippen LogP contribution in [0.15, 0.2) is 65.7 Å². The minimum atomic E-state index is -0.301. The van der Waals surface area contributed by atoms with E-state index in [0.717, 1.165) is 16.0 Å². The lowest BCUT2D eigenvalue weighted by Gasteiger charge is -2.13. The van der Waals surface area contributed by atoms with Crippen LogP contribution in [0.4, 0.5) is 0 Å². The summed E-state index contributed by atoms with van der Waals surface area (Å²) < 4.78 is 0. The molecule has 0 saturated heterocycles. The predicted octanol–water partition coefficient (Wildman–Crippen LogP) is 4.19. The topological polar surface area (TPSA) is 79.0 Å². The van der Waals surface area contributed by atoms with E-state index in [9.17, 15) is 9.59 Å². The minimum Gasteiger partial charge on any atom is -0.275 e. The first kappa shape index (κ1) is 18.6. The molecule has 0 unspecified atom stereocenters. The monoisotopic (exact) mass is 414 g/mol. The molecule has 30 heavy (non-hydrogen) atoms. The fraction of sp³-hybridized carbons (Fsp3) is 0.130. The standard InChI is InChI=1S/C23H18N4O2S/c1-30-16-9-5-8-15(12-16)20-19-18-17(13-24-21(19)26-25-20)22(28)27(23(18)29)11-10-14-6-3-2-4-7-14/h2-9,12-13H,10-11H2,1H3,(H,24,25,26). The van der Waals surface area contributed by atoms with Crippen molar-refractivity contribution in [1.29, 1.82) is 0 Å². The van der Waals surface area contributed by atoms with Crippen molar-refractivity contribution in [3.63, 3.8) is 0 Å². The predicted molar refractivity (Wildman–Crippen MR) is 117 cm³/mol. The number of thioether (sulfide) groups is 1. The van der Waals surface area contributed by atoms with Crippen molar-refractivity contribution in [3.05, 3.63) is 77.5 Å². The second-order valence-electron chi connectivity index (χ2n) is 7.07. The van der Waals surface area contributed by atoms with E-state index in [-0.39, 0.29) is 11.8 Å². The van der Waals surface area contributed by atoms with Crippen molar-refractivity contribution in [1.82, 2.24) is 20.1 Å². The van der Waals surface area contributed by atoms with Gasteiger partial charge in [-0.3, -0.25) is 19.6 Å². The smallest absolute Gasteiger partial charge is 0.263 e. The number of benzene rings is 2. The molecule has 7 heteroatoms. The molecule has 1 aliphatic heterocycles. The summed E-state index contributed by atoms with van der Waals surface area (Å²) in [7, 11) is 0. The van der Waals surface area contributed by atoms with Crippen LogP contribution in [0.1, 0.15) is 26.3 Å². The zero-order valence-corrected chi connectivity index (χ0v) is 17.1. The Kier molecular flexibility index (Phi) is 4.59. The zero-order chi connectivity index (χ0) is 20.7. The van der Waals surface area contributed by atoms with E-state index in [2.05, 4.69) is 15.2 Å². The van der Waals surface area contributed by atoms with Gasteiger partial charge in [-0.25, -0.2) is 4.98 Å². The van der Waals surface area contributed by atoms with Crippen LogP contribution < -0.4 is 0 Å². The number of H-pyrrole nitrogens is 1. The molecular weight excluding hydrogens is 396 g/mol. The summed E-state index contributed by atoms with van der Waals surface area (Å²) in [4.78, 5) is 33.0. The van der Waals surface area contributed by atoms with E-state index >= 15 is 0 Å². The number of nitrogens with zero attached hydrogens (tertiary/aromatic N) is 3. The number of fused-ring (bicyclic) bond motifs is 3. The van der Waals surface area contributed by atoms with Gasteiger partial charge in [-0.15, -0.1) is 11.8 Å². The Morgan fingerprint density at radius 3 is 2.67 bits per heavy atom. The van der Waals surface area contributed by atoms with Crippen molar-refractivity contribution in [2.75, 3.05) is 12.8 Å². The van der Waals surface area contributed by atoms with E-state index in [1.807, 2.05) is 60.9 Å². The Balaban J connectivity index is 1.56. The number of aromatic nitrogens is 3. The third-order valence-corrected chi connectivity index (χ3v) is 6.07. The molecule has 0 fully saturated rings. The van der Waals surface area contributed by atoms with Gasteiger partial charge in [0.1, 0.15) is 0 Å². The zero-order valence-electron chi connectivity index (χ0n) is 16.3. The van der Waals surface area contributed by atoms with Gasteiger partial charge in [-0.2, -0.15) is 5.10 Å². The molecule has 0 atom stereocenters. The van der Waals surface area contributed by atoms with E-state index in [4.69, 9.17) is 0 Å². The number of carbonyl (C=O) groups is 2. The lowest BCUT2D eigenvalue weighted by atomic mass is 10.0. The fourth-order valence-corrected chi connectivity index (χ4v) is 4.28. The first-order valence-electron chi connectivity index (χ1n) is 9.59. The molecule has 2 amide bonds. The third kappa shape index (κ3) is 2.98. The molecule has 0 saturated carbocycles. The highest BCUT2D eigenvalue weighted by molar-refractivity contribution is 7.98. The van der Waals surface area contributed by atoms with Gasteiger partial charge in [0.25, 0.3) is 11.8 Å². The quantitative estimate of drug-likeness (QED) is 0.391. The number of nitrogens with one attached hydrogen (secondary N) is 1. The molecule has 2 aromatic carbocycles. The van der Waals surface area contributed by atoms with Gasteiger partial charge in [0.2, 0.25) is 0 Å². The van der Waals surface area contributed by atoms with Crippen molar-refractivity contribution >= 4 is 34.6 Å². The number of pyridine rings is 1. The molecule has 2 aromatic heterocycles. The summed E-state index contributed by atoms with van der Waals surface area (Å²) in [5, 5.41) is 7.90. The normalized spacial score (nSPS) is 13.3. The maximum absolute atomic E-state index is 13.3. The van der Waals surface area contributed by atoms with Gasteiger partial charge in [-0.1, -0.05) is 42.5 Å². The summed E-state index contributed by atoms with van der Waals surface area (Å²) in [6.07, 6.45) is 4.08. The van der Waals surface area contributed by atoms with Gasteiger partial charge in [0.15, 0.2) is 5.65 Å². The average molecular weight is 414 g/mol. The second kappa shape index (κ2) is 7.42. The van der Waals surface area contributed by atoms with E-state index in [1.54, 1.807) is 11.8 Å². The van der Waals surface area contributed by atoms with Gasteiger partial charge in [0, 0.05) is 23.2 Å². The molecule has 6 nitrogen and oxygen atoms in total. The molecule has 3 heterocycles. The lowest BCUT2D eigenvalue weighted by Crippen LogP contribution is -2.31. The largest absolute Gasteiger partial charge is 0.275 e. The molecule has 4 aromatic rings. The molecule has 148 valence electrons. The number of amides is 2. The van der Waals surface area contributed by atoms with Gasteiger partial charge < -0.3 is 0 Å². The highest BCUT2D eigenvalue weighted by atomic mass is 32.2. The molecular formula is C23H18N4O2S. The van der Waals surface area contributed by atoms with Crippen LogP contribution in [0.25, 0.3) is 22.3 Å². The van der Waals surface area contributed by atoms with Gasteiger partial charge in [0.05, 0.1) is 22.2 Å². The Bertz CT molecular complexity index is 1280. The van der Waals surface area contributed by atoms with Crippen LogP contribution in [0.2, 0.25) is 0 Å². The molecule has 0 radical (unpaired) electrons. The summed E-state index contributed by atoms with van der Waals surface area (Å²) in [6.45, 7) is 0.326. The summed E-state index contributed by atoms with van der Waals surface area (Å²) >= 11 is 1.64. The summed E-state index contributed by atoms with van der Waals surface area (Å²) in [6, 6.07) is 17.8. The molecule has 5 rings (SSSR count). The number of carbonyl (C=O) groups excluding carboxylic acids is 2. The first-order valence-corrected chi connectivity index (χ1v) is 10.8. The van der Waals surface area contributed by atoms with Crippen LogP contribution in [-0.4, -0.2) is 44.7 Å². The number of hydrogen-bond donors (Lipinski definition) is 1. The van der Waals surface area contributed by atoms with E-state index in [0.29, 0.717) is 40.8 Å². The van der Waals surface area contributed by atoms with Crippen molar-refractivity contribution in [2.24, 2.45) is 0 Å². The molecule has 1 N–H and O–H groups in total. The Labute approximate surface area is 177 Å². The molecule has 0 bridgehead atoms. The van der Waals surface area contributed by atoms with Crippen LogP contribution in [-0.2, 0) is 6.42 Å². The van der Waals surface area contributed by atoms with E-state index < -0.39 is 0 Å². The molecule has 0 spiro atoms. The third-order valence-electron chi connectivity index (χ3n) is 5.34. The van der Waals surface area contributed by atoms with Crippen LogP contribution in [0.5, 0.6) is 0 Å². The maximum atomic E-state index is 13.3. The molecule has 1 aliphatic rings. The Morgan fingerprint density at radius 1 is 1.03 bits per heavy atom. The SMILES string of the molecule is CSc1cccc(-c2[nH]nc3ncc4c(c23)C(=O)N(CCc2ccccc2)C4=O)c1. The van der Waals surface area contributed by atoms with Crippen LogP contribution >= 0.6 is 11.8 Å². The van der Waals surface area contributed by atoms with Crippen molar-refractivity contribution in [2.45, 2.75) is 11.3 Å². The van der Waals surface area contributed by atoms with Crippen molar-refractivity contribution in [3.8, 4) is 11.3 Å². The highest BCUT2D eigenvalue weighted by Crippen LogP contribution is 2.35. The maximum Gasteiger partial charge on any atom is 0.263 e. The van der Waals surface area contributed by atoms with Crippen LogP contribution in [0, 0.1) is 0 Å².